The number of fused-ring (bicyclic) bond motifs is 3. The van der Waals surface area contributed by atoms with Crippen LogP contribution in [0, 0.1) is 0 Å². The molecule has 1 N–H and O–H groups in total. The van der Waals surface area contributed by atoms with Gasteiger partial charge in [0.2, 0.25) is 0 Å². The minimum atomic E-state index is 0.695. The Bertz CT molecular complexity index is 829. The predicted molar refractivity (Wildman–Crippen MR) is 65.9 cm³/mol. The van der Waals surface area contributed by atoms with E-state index in [9.17, 15) is 0 Å². The Morgan fingerprint density at radius 3 is 2.89 bits per heavy atom. The first-order valence-electron chi connectivity index (χ1n) is 5.52. The Balaban J connectivity index is 1.99. The van der Waals surface area contributed by atoms with Gasteiger partial charge in [-0.2, -0.15) is 0 Å². The van der Waals surface area contributed by atoms with Crippen molar-refractivity contribution in [3.63, 3.8) is 0 Å². The number of hydrogen-bond donors (Lipinski definition) is 1. The van der Waals surface area contributed by atoms with Crippen molar-refractivity contribution in [3.05, 3.63) is 42.9 Å². The number of nitrogens with zero attached hydrogens (tertiary/aromatic N) is 5. The summed E-state index contributed by atoms with van der Waals surface area (Å²) >= 11 is 0. The van der Waals surface area contributed by atoms with E-state index in [0.717, 1.165) is 22.2 Å². The van der Waals surface area contributed by atoms with Crippen LogP contribution >= 0.6 is 0 Å². The molecule has 0 unspecified atom stereocenters. The molecule has 0 aliphatic rings. The molecule has 3 aromatic heterocycles. The second-order valence-electron chi connectivity index (χ2n) is 3.96. The Labute approximate surface area is 101 Å². The summed E-state index contributed by atoms with van der Waals surface area (Å²) in [7, 11) is 0. The smallest absolute Gasteiger partial charge is 0.188 e. The van der Waals surface area contributed by atoms with Gasteiger partial charge in [-0.3, -0.25) is 5.10 Å². The van der Waals surface area contributed by atoms with Crippen molar-refractivity contribution in [3.8, 4) is 11.4 Å². The van der Waals surface area contributed by atoms with Crippen LogP contribution in [0.2, 0.25) is 0 Å². The van der Waals surface area contributed by atoms with Gasteiger partial charge in [0.25, 0.3) is 0 Å². The van der Waals surface area contributed by atoms with Crippen molar-refractivity contribution in [2.45, 2.75) is 0 Å². The first kappa shape index (κ1) is 9.29. The van der Waals surface area contributed by atoms with Crippen LogP contribution in [-0.4, -0.2) is 29.8 Å². The number of hydrogen-bond acceptors (Lipinski definition) is 4. The summed E-state index contributed by atoms with van der Waals surface area (Å²) < 4.78 is 1.73. The molecule has 0 bridgehead atoms. The first-order chi connectivity index (χ1) is 8.92. The van der Waals surface area contributed by atoms with Crippen molar-refractivity contribution in [2.75, 3.05) is 0 Å². The van der Waals surface area contributed by atoms with Crippen molar-refractivity contribution >= 4 is 16.7 Å². The molecule has 86 valence electrons. The third kappa shape index (κ3) is 1.22. The Hall–Kier alpha value is -2.76. The molecule has 4 aromatic rings. The number of rotatable bonds is 1. The van der Waals surface area contributed by atoms with E-state index in [0.29, 0.717) is 5.82 Å². The van der Waals surface area contributed by atoms with E-state index in [4.69, 9.17) is 0 Å². The lowest BCUT2D eigenvalue weighted by molar-refractivity contribution is 0.963. The van der Waals surface area contributed by atoms with Crippen LogP contribution in [0.5, 0.6) is 0 Å². The molecule has 0 aliphatic heterocycles. The topological polar surface area (TPSA) is 71.8 Å². The molecular formula is C12H8N6. The van der Waals surface area contributed by atoms with E-state index in [1.54, 1.807) is 17.0 Å². The van der Waals surface area contributed by atoms with Crippen LogP contribution in [0.1, 0.15) is 0 Å². The van der Waals surface area contributed by atoms with E-state index in [2.05, 4.69) is 25.3 Å². The zero-order valence-corrected chi connectivity index (χ0v) is 9.28. The number of aromatic nitrogens is 6. The van der Waals surface area contributed by atoms with Gasteiger partial charge in [-0.25, -0.2) is 14.5 Å². The highest BCUT2D eigenvalue weighted by atomic mass is 15.4. The van der Waals surface area contributed by atoms with Crippen LogP contribution in [0.25, 0.3) is 28.1 Å². The second-order valence-corrected chi connectivity index (χ2v) is 3.96. The molecule has 0 saturated heterocycles. The molecule has 6 nitrogen and oxygen atoms in total. The Morgan fingerprint density at radius 2 is 2.00 bits per heavy atom. The minimum Gasteiger partial charge on any atom is -0.274 e. The van der Waals surface area contributed by atoms with Gasteiger partial charge in [0.05, 0.1) is 5.39 Å². The molecule has 0 fully saturated rings. The molecule has 0 saturated carbocycles. The Morgan fingerprint density at radius 1 is 1.11 bits per heavy atom. The lowest BCUT2D eigenvalue weighted by Gasteiger charge is -1.98. The summed E-state index contributed by atoms with van der Waals surface area (Å²) in [6, 6.07) is 9.87. The molecule has 18 heavy (non-hydrogen) atoms. The highest BCUT2D eigenvalue weighted by Crippen LogP contribution is 2.19. The maximum atomic E-state index is 4.50. The highest BCUT2D eigenvalue weighted by Gasteiger charge is 2.09. The van der Waals surface area contributed by atoms with Gasteiger partial charge in [-0.15, -0.1) is 10.2 Å². The first-order valence-corrected chi connectivity index (χ1v) is 5.52. The molecule has 0 aliphatic carbocycles. The number of benzene rings is 1. The minimum absolute atomic E-state index is 0.695. The van der Waals surface area contributed by atoms with Gasteiger partial charge in [-0.1, -0.05) is 30.3 Å². The van der Waals surface area contributed by atoms with Gasteiger partial charge in [0.1, 0.15) is 6.33 Å². The van der Waals surface area contributed by atoms with Crippen LogP contribution in [0.4, 0.5) is 0 Å². The summed E-state index contributed by atoms with van der Waals surface area (Å²) in [6.45, 7) is 0. The van der Waals surface area contributed by atoms with Gasteiger partial charge < -0.3 is 0 Å². The van der Waals surface area contributed by atoms with Crippen molar-refractivity contribution < 1.29 is 0 Å². The summed E-state index contributed by atoms with van der Waals surface area (Å²) in [6.07, 6.45) is 3.38. The number of H-pyrrole nitrogens is 1. The lowest BCUT2D eigenvalue weighted by atomic mass is 10.2. The maximum Gasteiger partial charge on any atom is 0.188 e. The summed E-state index contributed by atoms with van der Waals surface area (Å²) in [5.74, 6) is 0.695. The number of nitrogens with one attached hydrogen (secondary N) is 1. The monoisotopic (exact) mass is 236 g/mol. The van der Waals surface area contributed by atoms with E-state index in [-0.39, 0.29) is 0 Å². The molecule has 0 atom stereocenters. The lowest BCUT2D eigenvalue weighted by Crippen LogP contribution is -1.89. The van der Waals surface area contributed by atoms with E-state index in [1.165, 1.54) is 0 Å². The largest absolute Gasteiger partial charge is 0.274 e. The van der Waals surface area contributed by atoms with Crippen LogP contribution in [0.15, 0.2) is 42.9 Å². The number of aromatic amines is 1. The van der Waals surface area contributed by atoms with Crippen LogP contribution < -0.4 is 0 Å². The molecule has 0 radical (unpaired) electrons. The molecule has 0 spiro atoms. The molecule has 3 heterocycles. The Kier molecular flexibility index (Phi) is 1.74. The average molecular weight is 236 g/mol. The summed E-state index contributed by atoms with van der Waals surface area (Å²) in [5, 5.41) is 11.8. The SMILES string of the molecule is c1ccc(-c2ncc3c(n2)[nH]n2cnnc32)cc1. The zero-order valence-electron chi connectivity index (χ0n) is 9.28. The quantitative estimate of drug-likeness (QED) is 0.545. The molecule has 1 aromatic carbocycles. The third-order valence-electron chi connectivity index (χ3n) is 2.84. The van der Waals surface area contributed by atoms with E-state index < -0.39 is 0 Å². The average Bonchev–Trinajstić information content (AvgIpc) is 2.99. The maximum absolute atomic E-state index is 4.50. The second kappa shape index (κ2) is 3.36. The van der Waals surface area contributed by atoms with E-state index >= 15 is 0 Å². The normalized spacial score (nSPS) is 11.3. The van der Waals surface area contributed by atoms with Crippen molar-refractivity contribution in [1.82, 2.24) is 29.8 Å². The molecule has 4 rings (SSSR count). The van der Waals surface area contributed by atoms with Crippen LogP contribution in [0.3, 0.4) is 0 Å². The standard InChI is InChI=1S/C12H8N6/c1-2-4-8(5-3-1)10-13-6-9-11(15-10)17-18-7-14-16-12(9)18/h1-7H,(H,13,15,17). The molecular weight excluding hydrogens is 228 g/mol. The van der Waals surface area contributed by atoms with Crippen LogP contribution in [-0.2, 0) is 0 Å². The van der Waals surface area contributed by atoms with Gasteiger partial charge >= 0.3 is 0 Å². The fraction of sp³-hybridized carbons (Fsp3) is 0. The fourth-order valence-electron chi connectivity index (χ4n) is 1.97. The zero-order chi connectivity index (χ0) is 11.9. The predicted octanol–water partition coefficient (Wildman–Crippen LogP) is 1.67. The van der Waals surface area contributed by atoms with Gasteiger partial charge in [-0.05, 0) is 0 Å². The van der Waals surface area contributed by atoms with Crippen molar-refractivity contribution in [1.29, 1.82) is 0 Å². The highest BCUT2D eigenvalue weighted by molar-refractivity contribution is 5.89. The molecule has 6 heteroatoms. The van der Waals surface area contributed by atoms with E-state index in [1.807, 2.05) is 30.3 Å². The fourth-order valence-corrected chi connectivity index (χ4v) is 1.97. The van der Waals surface area contributed by atoms with Gasteiger partial charge in [0, 0.05) is 11.8 Å². The summed E-state index contributed by atoms with van der Waals surface area (Å²) in [4.78, 5) is 8.87. The van der Waals surface area contributed by atoms with Gasteiger partial charge in [0.15, 0.2) is 17.1 Å². The third-order valence-corrected chi connectivity index (χ3v) is 2.84. The van der Waals surface area contributed by atoms with Crippen molar-refractivity contribution in [2.24, 2.45) is 0 Å². The molecule has 0 amide bonds. The summed E-state index contributed by atoms with van der Waals surface area (Å²) in [5.41, 5.74) is 2.49.